The Labute approximate surface area is 120 Å². The Balaban J connectivity index is 2.32. The first-order valence-corrected chi connectivity index (χ1v) is 6.89. The van der Waals surface area contributed by atoms with Gasteiger partial charge in [0.05, 0.1) is 5.52 Å². The van der Waals surface area contributed by atoms with E-state index in [1.54, 1.807) is 6.33 Å². The van der Waals surface area contributed by atoms with Crippen molar-refractivity contribution < 1.29 is 0 Å². The summed E-state index contributed by atoms with van der Waals surface area (Å²) in [6, 6.07) is 6.06. The smallest absolute Gasteiger partial charge is 0.137 e. The Hall–Kier alpha value is -1.88. The zero-order valence-electron chi connectivity index (χ0n) is 12.6. The van der Waals surface area contributed by atoms with Crippen molar-refractivity contribution in [1.29, 1.82) is 0 Å². The number of aromatic nitrogens is 2. The lowest BCUT2D eigenvalue weighted by atomic mass is 10.0. The zero-order chi connectivity index (χ0) is 14.7. The van der Waals surface area contributed by atoms with Crippen molar-refractivity contribution in [3.63, 3.8) is 0 Å². The Morgan fingerprint density at radius 2 is 2.00 bits per heavy atom. The van der Waals surface area contributed by atoms with Crippen molar-refractivity contribution in [2.45, 2.75) is 19.9 Å². The Morgan fingerprint density at radius 1 is 1.25 bits per heavy atom. The molecule has 0 aliphatic heterocycles. The summed E-state index contributed by atoms with van der Waals surface area (Å²) in [7, 11) is 4.16. The highest BCUT2D eigenvalue weighted by Crippen LogP contribution is 2.23. The number of benzene rings is 1. The molecule has 108 valence electrons. The second-order valence-electron chi connectivity index (χ2n) is 5.76. The number of anilines is 2. The molecule has 20 heavy (non-hydrogen) atoms. The van der Waals surface area contributed by atoms with Crippen molar-refractivity contribution in [2.24, 2.45) is 5.92 Å². The lowest BCUT2D eigenvalue weighted by Crippen LogP contribution is -2.36. The number of nitrogens with two attached hydrogens (primary N) is 1. The van der Waals surface area contributed by atoms with Gasteiger partial charge < -0.3 is 16.0 Å². The molecule has 3 N–H and O–H groups in total. The van der Waals surface area contributed by atoms with E-state index >= 15 is 0 Å². The van der Waals surface area contributed by atoms with Crippen LogP contribution in [-0.2, 0) is 0 Å². The highest BCUT2D eigenvalue weighted by molar-refractivity contribution is 5.90. The van der Waals surface area contributed by atoms with Gasteiger partial charge in [-0.25, -0.2) is 9.97 Å². The van der Waals surface area contributed by atoms with Gasteiger partial charge in [-0.3, -0.25) is 0 Å². The summed E-state index contributed by atoms with van der Waals surface area (Å²) in [5.74, 6) is 1.38. The number of nitrogens with zero attached hydrogens (tertiary/aromatic N) is 3. The molecular formula is C15H23N5. The second-order valence-corrected chi connectivity index (χ2v) is 5.76. The second kappa shape index (κ2) is 6.05. The molecule has 1 aromatic heterocycles. The van der Waals surface area contributed by atoms with Gasteiger partial charge in [0.25, 0.3) is 0 Å². The molecule has 0 amide bonds. The summed E-state index contributed by atoms with van der Waals surface area (Å²) in [6.45, 7) is 5.38. The summed E-state index contributed by atoms with van der Waals surface area (Å²) >= 11 is 0. The number of hydrogen-bond acceptors (Lipinski definition) is 5. The summed E-state index contributed by atoms with van der Waals surface area (Å²) in [4.78, 5) is 10.8. The average molecular weight is 273 g/mol. The van der Waals surface area contributed by atoms with E-state index in [2.05, 4.69) is 48.1 Å². The predicted octanol–water partition coefficient (Wildman–Crippen LogP) is 2.21. The van der Waals surface area contributed by atoms with Crippen LogP contribution in [0, 0.1) is 5.92 Å². The molecule has 0 saturated carbocycles. The lowest BCUT2D eigenvalue weighted by molar-refractivity contribution is 0.344. The van der Waals surface area contributed by atoms with Crippen LogP contribution in [0.4, 0.5) is 11.5 Å². The summed E-state index contributed by atoms with van der Waals surface area (Å²) in [5.41, 5.74) is 7.39. The largest absolute Gasteiger partial charge is 0.399 e. The highest BCUT2D eigenvalue weighted by atomic mass is 15.1. The quantitative estimate of drug-likeness (QED) is 0.818. The molecule has 0 aliphatic rings. The van der Waals surface area contributed by atoms with E-state index in [0.29, 0.717) is 12.0 Å². The number of fused-ring (bicyclic) bond motifs is 1. The van der Waals surface area contributed by atoms with Crippen LogP contribution >= 0.6 is 0 Å². The molecule has 1 unspecified atom stereocenters. The van der Waals surface area contributed by atoms with Gasteiger partial charge in [0.15, 0.2) is 0 Å². The normalized spacial score (nSPS) is 13.1. The van der Waals surface area contributed by atoms with Gasteiger partial charge >= 0.3 is 0 Å². The minimum absolute atomic E-state index is 0.334. The fourth-order valence-electron chi connectivity index (χ4n) is 2.18. The molecule has 0 spiro atoms. The third kappa shape index (κ3) is 3.36. The van der Waals surface area contributed by atoms with Gasteiger partial charge in [0.1, 0.15) is 12.1 Å². The molecule has 1 aromatic carbocycles. The number of rotatable bonds is 5. The number of hydrogen-bond donors (Lipinski definition) is 2. The summed E-state index contributed by atoms with van der Waals surface area (Å²) in [5, 5.41) is 4.54. The van der Waals surface area contributed by atoms with Crippen molar-refractivity contribution >= 4 is 22.4 Å². The van der Waals surface area contributed by atoms with E-state index in [1.165, 1.54) is 0 Å². The minimum atomic E-state index is 0.334. The van der Waals surface area contributed by atoms with Crippen LogP contribution in [0.15, 0.2) is 24.5 Å². The maximum atomic E-state index is 5.80. The van der Waals surface area contributed by atoms with Gasteiger partial charge in [-0.05, 0) is 38.2 Å². The molecule has 1 atom stereocenters. The van der Waals surface area contributed by atoms with Gasteiger partial charge in [-0.1, -0.05) is 13.8 Å². The van der Waals surface area contributed by atoms with E-state index in [9.17, 15) is 0 Å². The topological polar surface area (TPSA) is 67.1 Å². The van der Waals surface area contributed by atoms with Crippen LogP contribution in [-0.4, -0.2) is 41.5 Å². The third-order valence-corrected chi connectivity index (χ3v) is 3.35. The molecule has 5 heteroatoms. The molecule has 0 bridgehead atoms. The van der Waals surface area contributed by atoms with Crippen LogP contribution in [0.1, 0.15) is 13.8 Å². The maximum Gasteiger partial charge on any atom is 0.137 e. The Kier molecular flexibility index (Phi) is 4.39. The van der Waals surface area contributed by atoms with Crippen LogP contribution in [0.25, 0.3) is 10.9 Å². The first kappa shape index (κ1) is 14.5. The summed E-state index contributed by atoms with van der Waals surface area (Å²) < 4.78 is 0. The summed E-state index contributed by atoms with van der Waals surface area (Å²) in [6.07, 6.45) is 1.58. The Morgan fingerprint density at radius 3 is 2.65 bits per heavy atom. The molecule has 5 nitrogen and oxygen atoms in total. The SMILES string of the molecule is CC(C)C(CN(C)C)Nc1ncnc2cc(N)ccc12. The lowest BCUT2D eigenvalue weighted by Gasteiger charge is -2.26. The predicted molar refractivity (Wildman–Crippen MR) is 84.8 cm³/mol. The monoisotopic (exact) mass is 273 g/mol. The van der Waals surface area contributed by atoms with Crippen molar-refractivity contribution in [3.8, 4) is 0 Å². The maximum absolute atomic E-state index is 5.80. The van der Waals surface area contributed by atoms with Gasteiger partial charge in [0.2, 0.25) is 0 Å². The first-order valence-electron chi connectivity index (χ1n) is 6.89. The zero-order valence-corrected chi connectivity index (χ0v) is 12.6. The third-order valence-electron chi connectivity index (χ3n) is 3.35. The molecule has 0 radical (unpaired) electrons. The van der Waals surface area contributed by atoms with Crippen LogP contribution in [0.2, 0.25) is 0 Å². The fourth-order valence-corrected chi connectivity index (χ4v) is 2.18. The van der Waals surface area contributed by atoms with Gasteiger partial charge in [0, 0.05) is 23.7 Å². The van der Waals surface area contributed by atoms with Gasteiger partial charge in [-0.2, -0.15) is 0 Å². The average Bonchev–Trinajstić information content (AvgIpc) is 2.37. The molecule has 2 aromatic rings. The van der Waals surface area contributed by atoms with E-state index in [4.69, 9.17) is 5.73 Å². The van der Waals surface area contributed by atoms with Crippen molar-refractivity contribution in [2.75, 3.05) is 31.7 Å². The van der Waals surface area contributed by atoms with Crippen LogP contribution in [0.3, 0.4) is 0 Å². The van der Waals surface area contributed by atoms with Crippen LogP contribution in [0.5, 0.6) is 0 Å². The van der Waals surface area contributed by atoms with E-state index in [1.807, 2.05) is 18.2 Å². The molecule has 0 aliphatic carbocycles. The van der Waals surface area contributed by atoms with Crippen molar-refractivity contribution in [1.82, 2.24) is 14.9 Å². The molecule has 0 saturated heterocycles. The number of likely N-dealkylation sites (N-methyl/N-ethyl adjacent to an activating group) is 1. The first-order chi connectivity index (χ1) is 9.47. The van der Waals surface area contributed by atoms with E-state index in [-0.39, 0.29) is 0 Å². The van der Waals surface area contributed by atoms with Gasteiger partial charge in [-0.15, -0.1) is 0 Å². The van der Waals surface area contributed by atoms with E-state index in [0.717, 1.165) is 29.0 Å². The molecular weight excluding hydrogens is 250 g/mol. The fraction of sp³-hybridized carbons (Fsp3) is 0.467. The number of nitrogens with one attached hydrogen (secondary N) is 1. The van der Waals surface area contributed by atoms with Crippen LogP contribution < -0.4 is 11.1 Å². The van der Waals surface area contributed by atoms with Crippen molar-refractivity contribution in [3.05, 3.63) is 24.5 Å². The number of nitrogen functional groups attached to an aromatic ring is 1. The highest BCUT2D eigenvalue weighted by Gasteiger charge is 2.16. The minimum Gasteiger partial charge on any atom is -0.399 e. The molecule has 2 rings (SSSR count). The Bertz CT molecular complexity index is 579. The molecule has 1 heterocycles. The van der Waals surface area contributed by atoms with E-state index < -0.39 is 0 Å². The molecule has 0 fully saturated rings. The standard InChI is InChI=1S/C15H23N5/c1-10(2)14(8-20(3)4)19-15-12-6-5-11(16)7-13(12)17-9-18-15/h5-7,9-10,14H,8,16H2,1-4H3,(H,17,18,19).